The number of benzene rings is 1. The van der Waals surface area contributed by atoms with Crippen molar-refractivity contribution in [2.45, 2.75) is 43.9 Å². The van der Waals surface area contributed by atoms with Crippen LogP contribution in [0.3, 0.4) is 0 Å². The molecule has 1 unspecified atom stereocenters. The van der Waals surface area contributed by atoms with Crippen molar-refractivity contribution in [3.8, 4) is 5.75 Å². The molecule has 106 valence electrons. The van der Waals surface area contributed by atoms with Gasteiger partial charge in [0.2, 0.25) is 0 Å². The predicted molar refractivity (Wildman–Crippen MR) is 80.4 cm³/mol. The van der Waals surface area contributed by atoms with Gasteiger partial charge in [-0.3, -0.25) is 0 Å². The molecule has 1 nitrogen and oxygen atoms in total. The van der Waals surface area contributed by atoms with Gasteiger partial charge in [0.15, 0.2) is 0 Å². The van der Waals surface area contributed by atoms with Crippen LogP contribution in [0.4, 0.5) is 4.39 Å². The molecule has 0 heterocycles. The van der Waals surface area contributed by atoms with E-state index < -0.39 is 0 Å². The van der Waals surface area contributed by atoms with Gasteiger partial charge in [-0.25, -0.2) is 4.39 Å². The standard InChI is InChI=1S/C15H19BrClFO/c1-19-14-9-13(18)12(16)8-11(14)15(17)10-6-4-2-3-5-7-10/h8-10,15H,2-7H2,1H3. The van der Waals surface area contributed by atoms with E-state index in [1.54, 1.807) is 13.2 Å². The van der Waals surface area contributed by atoms with Crippen molar-refractivity contribution < 1.29 is 9.13 Å². The molecule has 0 N–H and O–H groups in total. The molecule has 0 aliphatic heterocycles. The Balaban J connectivity index is 2.26. The van der Waals surface area contributed by atoms with Gasteiger partial charge in [-0.15, -0.1) is 11.6 Å². The van der Waals surface area contributed by atoms with Crippen molar-refractivity contribution in [2.24, 2.45) is 5.92 Å². The van der Waals surface area contributed by atoms with Gasteiger partial charge in [-0.1, -0.05) is 25.7 Å². The molecule has 4 heteroatoms. The molecule has 0 saturated heterocycles. The third kappa shape index (κ3) is 3.63. The highest BCUT2D eigenvalue weighted by atomic mass is 79.9. The monoisotopic (exact) mass is 348 g/mol. The normalized spacial score (nSPS) is 18.9. The minimum atomic E-state index is -0.315. The molecule has 1 aromatic carbocycles. The Morgan fingerprint density at radius 1 is 1.26 bits per heavy atom. The first-order valence-corrected chi connectivity index (χ1v) is 8.03. The van der Waals surface area contributed by atoms with Crippen LogP contribution in [-0.4, -0.2) is 7.11 Å². The zero-order chi connectivity index (χ0) is 13.8. The fraction of sp³-hybridized carbons (Fsp3) is 0.600. The van der Waals surface area contributed by atoms with Crippen LogP contribution in [0, 0.1) is 11.7 Å². The number of hydrogen-bond donors (Lipinski definition) is 0. The van der Waals surface area contributed by atoms with Crippen molar-refractivity contribution in [3.05, 3.63) is 28.0 Å². The molecule has 0 spiro atoms. The molecule has 0 aromatic heterocycles. The van der Waals surface area contributed by atoms with E-state index in [1.807, 2.05) is 0 Å². The highest BCUT2D eigenvalue weighted by molar-refractivity contribution is 9.10. The van der Waals surface area contributed by atoms with E-state index in [9.17, 15) is 4.39 Å². The highest BCUT2D eigenvalue weighted by Crippen LogP contribution is 2.42. The summed E-state index contributed by atoms with van der Waals surface area (Å²) in [5.74, 6) is 0.686. The van der Waals surface area contributed by atoms with E-state index in [0.29, 0.717) is 16.1 Å². The first-order chi connectivity index (χ1) is 9.13. The van der Waals surface area contributed by atoms with Gasteiger partial charge >= 0.3 is 0 Å². The molecule has 0 amide bonds. The highest BCUT2D eigenvalue weighted by Gasteiger charge is 2.25. The van der Waals surface area contributed by atoms with Gasteiger partial charge in [0.05, 0.1) is 17.0 Å². The van der Waals surface area contributed by atoms with Crippen LogP contribution in [-0.2, 0) is 0 Å². The van der Waals surface area contributed by atoms with Gasteiger partial charge in [-0.2, -0.15) is 0 Å². The first kappa shape index (κ1) is 15.1. The lowest BCUT2D eigenvalue weighted by molar-refractivity contribution is 0.389. The van der Waals surface area contributed by atoms with Gasteiger partial charge in [0, 0.05) is 11.6 Å². The maximum atomic E-state index is 13.5. The zero-order valence-electron chi connectivity index (χ0n) is 11.1. The Hall–Kier alpha value is -0.280. The molecule has 0 bridgehead atoms. The van der Waals surface area contributed by atoms with Crippen LogP contribution in [0.1, 0.15) is 49.5 Å². The Morgan fingerprint density at radius 2 is 1.89 bits per heavy atom. The van der Waals surface area contributed by atoms with Crippen molar-refractivity contribution in [3.63, 3.8) is 0 Å². The van der Waals surface area contributed by atoms with Gasteiger partial charge in [0.1, 0.15) is 11.6 Å². The molecule has 1 fully saturated rings. The minimum Gasteiger partial charge on any atom is -0.496 e. The van der Waals surface area contributed by atoms with Gasteiger partial charge < -0.3 is 4.74 Å². The summed E-state index contributed by atoms with van der Waals surface area (Å²) < 4.78 is 19.3. The lowest BCUT2D eigenvalue weighted by Gasteiger charge is -2.23. The summed E-state index contributed by atoms with van der Waals surface area (Å²) in [4.78, 5) is 0. The number of halogens is 3. The topological polar surface area (TPSA) is 9.23 Å². The number of ether oxygens (including phenoxy) is 1. The van der Waals surface area contributed by atoms with Crippen molar-refractivity contribution in [1.82, 2.24) is 0 Å². The summed E-state index contributed by atoms with van der Waals surface area (Å²) >= 11 is 9.87. The molecular weight excluding hydrogens is 331 g/mol. The Bertz CT molecular complexity index is 430. The lowest BCUT2D eigenvalue weighted by Crippen LogP contribution is -2.09. The lowest BCUT2D eigenvalue weighted by atomic mass is 9.91. The fourth-order valence-corrected chi connectivity index (χ4v) is 3.58. The van der Waals surface area contributed by atoms with Gasteiger partial charge in [0.25, 0.3) is 0 Å². The summed E-state index contributed by atoms with van der Waals surface area (Å²) in [6, 6.07) is 3.17. The van der Waals surface area contributed by atoms with Crippen LogP contribution in [0.5, 0.6) is 5.75 Å². The molecule has 2 rings (SSSR count). The van der Waals surface area contributed by atoms with E-state index in [0.717, 1.165) is 18.4 Å². The largest absolute Gasteiger partial charge is 0.496 e. The Labute approximate surface area is 127 Å². The van der Waals surface area contributed by atoms with Crippen LogP contribution in [0.15, 0.2) is 16.6 Å². The zero-order valence-corrected chi connectivity index (χ0v) is 13.4. The van der Waals surface area contributed by atoms with Gasteiger partial charge in [-0.05, 0) is 40.8 Å². The van der Waals surface area contributed by atoms with E-state index in [-0.39, 0.29) is 11.2 Å². The summed E-state index contributed by atoms with van der Waals surface area (Å²) in [6.45, 7) is 0. The average Bonchev–Trinajstić information content (AvgIpc) is 2.69. The smallest absolute Gasteiger partial charge is 0.141 e. The second-order valence-electron chi connectivity index (χ2n) is 5.16. The molecule has 1 atom stereocenters. The maximum absolute atomic E-state index is 13.5. The summed E-state index contributed by atoms with van der Waals surface area (Å²) in [5.41, 5.74) is 0.893. The van der Waals surface area contributed by atoms with Crippen LogP contribution in [0.2, 0.25) is 0 Å². The third-order valence-electron chi connectivity index (χ3n) is 3.88. The summed E-state index contributed by atoms with van der Waals surface area (Å²) in [7, 11) is 1.56. The summed E-state index contributed by atoms with van der Waals surface area (Å²) in [6.07, 6.45) is 7.35. The summed E-state index contributed by atoms with van der Waals surface area (Å²) in [5, 5.41) is -0.107. The Morgan fingerprint density at radius 3 is 2.47 bits per heavy atom. The molecule has 1 aliphatic rings. The second-order valence-corrected chi connectivity index (χ2v) is 6.49. The molecule has 0 radical (unpaired) electrons. The van der Waals surface area contributed by atoms with Crippen LogP contribution < -0.4 is 4.74 Å². The van der Waals surface area contributed by atoms with E-state index in [1.165, 1.54) is 31.7 Å². The number of alkyl halides is 1. The van der Waals surface area contributed by atoms with Crippen LogP contribution >= 0.6 is 27.5 Å². The molecular formula is C15H19BrClFO. The number of rotatable bonds is 3. The molecule has 1 aromatic rings. The second kappa shape index (κ2) is 6.94. The third-order valence-corrected chi connectivity index (χ3v) is 5.08. The average molecular weight is 350 g/mol. The van der Waals surface area contributed by atoms with Crippen molar-refractivity contribution >= 4 is 27.5 Å². The van der Waals surface area contributed by atoms with E-state index >= 15 is 0 Å². The number of methoxy groups -OCH3 is 1. The van der Waals surface area contributed by atoms with Crippen molar-refractivity contribution in [1.29, 1.82) is 0 Å². The molecule has 1 aliphatic carbocycles. The quantitative estimate of drug-likeness (QED) is 0.491. The van der Waals surface area contributed by atoms with Crippen LogP contribution in [0.25, 0.3) is 0 Å². The van der Waals surface area contributed by atoms with E-state index in [4.69, 9.17) is 16.3 Å². The SMILES string of the molecule is COc1cc(F)c(Br)cc1C(Cl)C1CCCCCC1. The first-order valence-electron chi connectivity index (χ1n) is 6.80. The molecule has 19 heavy (non-hydrogen) atoms. The Kier molecular flexibility index (Phi) is 5.52. The minimum absolute atomic E-state index is 0.107. The fourth-order valence-electron chi connectivity index (χ4n) is 2.79. The molecule has 1 saturated carbocycles. The predicted octanol–water partition coefficient (Wildman–Crippen LogP) is 5.85. The van der Waals surface area contributed by atoms with Crippen molar-refractivity contribution in [2.75, 3.05) is 7.11 Å². The number of hydrogen-bond acceptors (Lipinski definition) is 1. The maximum Gasteiger partial charge on any atom is 0.141 e. The van der Waals surface area contributed by atoms with E-state index in [2.05, 4.69) is 15.9 Å².